The summed E-state index contributed by atoms with van der Waals surface area (Å²) in [5.41, 5.74) is 21.5. The fourth-order valence-corrected chi connectivity index (χ4v) is 9.36. The molecule has 12 aromatic heterocycles. The molecule has 0 bridgehead atoms. The van der Waals surface area contributed by atoms with E-state index in [2.05, 4.69) is 109 Å². The van der Waals surface area contributed by atoms with Gasteiger partial charge in [0.15, 0.2) is 17.3 Å². The van der Waals surface area contributed by atoms with E-state index >= 15 is 0 Å². The molecule has 12 heterocycles. The zero-order chi connectivity index (χ0) is 79.7. The average Bonchev–Trinajstić information content (AvgIpc) is 1.04. The Kier molecular flexibility index (Phi) is 35.0. The number of rotatable bonds is 21. The molecule has 0 aliphatic heterocycles. The van der Waals surface area contributed by atoms with Gasteiger partial charge in [0.1, 0.15) is 45.6 Å². The zero-order valence-corrected chi connectivity index (χ0v) is 61.9. The fraction of sp³-hybridized carbons (Fsp3) is 0.212. The van der Waals surface area contributed by atoms with E-state index in [4.69, 9.17) is 15.6 Å². The van der Waals surface area contributed by atoms with E-state index in [-0.39, 0.29) is 42.8 Å². The highest BCUT2D eigenvalue weighted by molar-refractivity contribution is 6.38. The fourth-order valence-electron chi connectivity index (χ4n) is 9.36. The lowest BCUT2D eigenvalue weighted by molar-refractivity contribution is -0.167. The van der Waals surface area contributed by atoms with Crippen molar-refractivity contribution in [3.05, 3.63) is 263 Å². The second-order valence-electron chi connectivity index (χ2n) is 22.9. The number of Topliss-reactive ketones (excluding diaryl/α,β-unsaturated/α-hetero) is 4. The summed E-state index contributed by atoms with van der Waals surface area (Å²) < 4.78 is 18.0. The maximum Gasteiger partial charge on any atom is 0.417 e. The molecular formula is C80H82N16O14. The van der Waals surface area contributed by atoms with Crippen molar-refractivity contribution >= 4 is 53.0 Å². The Morgan fingerprint density at radius 2 is 0.818 bits per heavy atom. The van der Waals surface area contributed by atoms with Gasteiger partial charge in [-0.3, -0.25) is 79.3 Å². The largest absolute Gasteiger partial charge is 0.477 e. The van der Waals surface area contributed by atoms with Crippen molar-refractivity contribution in [2.45, 2.75) is 88.1 Å². The molecule has 0 aromatic carbocycles. The molecule has 0 amide bonds. The summed E-state index contributed by atoms with van der Waals surface area (Å²) in [4.78, 5) is 137. The zero-order valence-electron chi connectivity index (χ0n) is 61.9. The molecule has 0 radical (unpaired) electrons. The number of hydrogen-bond donors (Lipinski definition) is 5. The third-order valence-electron chi connectivity index (χ3n) is 14.5. The van der Waals surface area contributed by atoms with Crippen LogP contribution < -0.4 is 5.73 Å². The average molecular weight is 1490 g/mol. The van der Waals surface area contributed by atoms with Gasteiger partial charge in [0, 0.05) is 110 Å². The van der Waals surface area contributed by atoms with Gasteiger partial charge in [0.25, 0.3) is 0 Å². The van der Waals surface area contributed by atoms with E-state index in [0.29, 0.717) is 71.5 Å². The SMILES string of the molecule is CC(=O)c1ccccn1.CCOC(=O)C(=O)CC(=O)c1ccccn1.CCOC(=O)C(=O)OCC.CCOC(=O)c1cc(-c2ccccn2)n[nH]1.Cc1cc(-c2ncc(CCC(=O)c3cc(-c4ccccn4)n[nH]3)cc2C)ccn1.Cc1cc(-c2ncc(CN)cc2C)ccn1.O=C(O)c1cc(-c2ccccn2)n[nH]1. The molecule has 0 aliphatic rings. The van der Waals surface area contributed by atoms with Crippen LogP contribution in [0.4, 0.5) is 0 Å². The Bertz CT molecular complexity index is 4950. The number of aromatic carboxylic acids is 1. The van der Waals surface area contributed by atoms with Crippen molar-refractivity contribution in [2.24, 2.45) is 5.73 Å². The van der Waals surface area contributed by atoms with Gasteiger partial charge in [-0.1, -0.05) is 42.5 Å². The van der Waals surface area contributed by atoms with E-state index in [1.807, 2.05) is 106 Å². The second-order valence-corrected chi connectivity index (χ2v) is 22.9. The molecule has 0 saturated carbocycles. The van der Waals surface area contributed by atoms with Crippen LogP contribution in [0.5, 0.6) is 0 Å². The van der Waals surface area contributed by atoms with E-state index in [1.54, 1.807) is 113 Å². The van der Waals surface area contributed by atoms with Crippen LogP contribution in [0.3, 0.4) is 0 Å². The Labute approximate surface area is 633 Å². The quantitative estimate of drug-likeness (QED) is 0.0147. The second kappa shape index (κ2) is 45.4. The van der Waals surface area contributed by atoms with Crippen LogP contribution in [-0.2, 0) is 51.1 Å². The molecule has 0 fully saturated rings. The number of nitrogens with zero attached hydrogens (tertiary/aromatic N) is 12. The van der Waals surface area contributed by atoms with Crippen LogP contribution in [0.1, 0.15) is 134 Å². The molecule has 0 spiro atoms. The van der Waals surface area contributed by atoms with Gasteiger partial charge in [0.2, 0.25) is 5.78 Å². The number of hydrogen-bond acceptors (Lipinski definition) is 26. The predicted octanol–water partition coefficient (Wildman–Crippen LogP) is 11.6. The van der Waals surface area contributed by atoms with Gasteiger partial charge in [-0.25, -0.2) is 24.0 Å². The minimum absolute atomic E-state index is 0.00981. The summed E-state index contributed by atoms with van der Waals surface area (Å²) >= 11 is 0. The molecule has 110 heavy (non-hydrogen) atoms. The highest BCUT2D eigenvalue weighted by Gasteiger charge is 2.21. The van der Waals surface area contributed by atoms with Crippen LogP contribution in [-0.4, -0.2) is 160 Å². The predicted molar refractivity (Wildman–Crippen MR) is 405 cm³/mol. The number of carboxylic acid groups (broad SMARTS) is 1. The summed E-state index contributed by atoms with van der Waals surface area (Å²) in [5, 5.41) is 28.6. The number of carboxylic acids is 1. The number of ether oxygens (including phenoxy) is 4. The number of aromatic amines is 3. The van der Waals surface area contributed by atoms with E-state index in [1.165, 1.54) is 25.3 Å². The molecule has 6 N–H and O–H groups in total. The molecule has 0 aliphatic carbocycles. The molecule has 12 aromatic rings. The summed E-state index contributed by atoms with van der Waals surface area (Å²) in [7, 11) is 0. The number of carbonyl (C=O) groups is 9. The number of aromatic nitrogens is 15. The van der Waals surface area contributed by atoms with Crippen LogP contribution in [0.2, 0.25) is 0 Å². The van der Waals surface area contributed by atoms with Crippen molar-refractivity contribution in [1.82, 2.24) is 75.4 Å². The van der Waals surface area contributed by atoms with E-state index in [0.717, 1.165) is 61.9 Å². The third-order valence-corrected chi connectivity index (χ3v) is 14.5. The van der Waals surface area contributed by atoms with Crippen molar-refractivity contribution in [2.75, 3.05) is 26.4 Å². The van der Waals surface area contributed by atoms with Crippen molar-refractivity contribution in [1.29, 1.82) is 0 Å². The van der Waals surface area contributed by atoms with E-state index in [9.17, 15) is 43.2 Å². The number of aryl methyl sites for hydroxylation is 5. The lowest BCUT2D eigenvalue weighted by atomic mass is 10.0. The molecule has 0 unspecified atom stereocenters. The topological polar surface area (TPSA) is 439 Å². The molecule has 30 nitrogen and oxygen atoms in total. The number of carbonyl (C=O) groups excluding carboxylic acids is 8. The van der Waals surface area contributed by atoms with Crippen LogP contribution >= 0.6 is 0 Å². The highest BCUT2D eigenvalue weighted by atomic mass is 16.6. The maximum atomic E-state index is 12.6. The van der Waals surface area contributed by atoms with Crippen molar-refractivity contribution < 1.29 is 67.2 Å². The number of nitrogens with two attached hydrogens (primary N) is 1. The summed E-state index contributed by atoms with van der Waals surface area (Å²) in [6, 6.07) is 43.5. The monoisotopic (exact) mass is 1490 g/mol. The van der Waals surface area contributed by atoms with Gasteiger partial charge < -0.3 is 29.8 Å². The molecule has 0 saturated heterocycles. The van der Waals surface area contributed by atoms with Gasteiger partial charge >= 0.3 is 29.8 Å². The summed E-state index contributed by atoms with van der Waals surface area (Å²) in [6.45, 7) is 17.5. The minimum atomic E-state index is -1.03. The first-order valence-electron chi connectivity index (χ1n) is 34.3. The number of esters is 4. The summed E-state index contributed by atoms with van der Waals surface area (Å²) in [6.07, 6.45) is 15.9. The van der Waals surface area contributed by atoms with Gasteiger partial charge in [0.05, 0.1) is 61.3 Å². The Morgan fingerprint density at radius 3 is 1.21 bits per heavy atom. The van der Waals surface area contributed by atoms with E-state index < -0.39 is 47.8 Å². The normalized spacial score (nSPS) is 10.0. The Balaban J connectivity index is 0.000000207. The van der Waals surface area contributed by atoms with Gasteiger partial charge in [-0.15, -0.1) is 0 Å². The Morgan fingerprint density at radius 1 is 0.409 bits per heavy atom. The highest BCUT2D eigenvalue weighted by Crippen LogP contribution is 2.25. The van der Waals surface area contributed by atoms with Gasteiger partial charge in [-0.05, 0) is 175 Å². The van der Waals surface area contributed by atoms with Crippen molar-refractivity contribution in [3.63, 3.8) is 0 Å². The molecule has 30 heteroatoms. The Hall–Kier alpha value is -14.0. The number of nitrogens with one attached hydrogen (secondary N) is 3. The first kappa shape index (κ1) is 84.9. The number of pyridine rings is 9. The summed E-state index contributed by atoms with van der Waals surface area (Å²) in [5.74, 6) is -5.57. The minimum Gasteiger partial charge on any atom is -0.477 e. The first-order chi connectivity index (χ1) is 53.1. The first-order valence-corrected chi connectivity index (χ1v) is 34.3. The molecule has 566 valence electrons. The maximum absolute atomic E-state index is 12.6. The third kappa shape index (κ3) is 28.1. The lowest BCUT2D eigenvalue weighted by Crippen LogP contribution is -2.21. The standard InChI is InChI=1S/C23H21N5O.C13H15N3.C11H11N3O2.C11H11NO4.C9H7N3O2.C7H7NO.C6H10O4/c1-15-11-17(14-26-23(15)18-8-10-24-16(2)12-18)6-7-22(29)21-13-20(27-28-21)19-5-3-4-9-25-19;1-9-5-11(7-14)8-16-13(9)12-3-4-15-10(2)6-12;1-2-16-11(15)10-7-9(13-14-10)8-5-3-4-6-12-8;1-2-16-11(15)10(14)7-9(13)8-5-3-4-6-12-8;13-9(14)8-5-7(11-12-8)6-3-1-2-4-10-6;1-6(9)7-4-2-3-5-8-7;1-3-9-5(7)6(8)10-4-2/h3-5,8-14H,6-7H2,1-2H3,(H,27,28);3-6,8H,7,14H2,1-2H3;3-7H,2H2,1H3,(H,13,14);3-6H,2,7H2,1H3;1-5H,(H,11,12)(H,13,14);2-5H,1H3;3-4H2,1-2H3. The molecular weight excluding hydrogens is 1410 g/mol. The van der Waals surface area contributed by atoms with Gasteiger partial charge in [-0.2, -0.15) is 15.3 Å². The number of ketones is 4. The molecule has 12 rings (SSSR count). The van der Waals surface area contributed by atoms with Crippen molar-refractivity contribution in [3.8, 4) is 56.7 Å². The lowest BCUT2D eigenvalue weighted by Gasteiger charge is -2.08. The number of H-pyrrole nitrogens is 3. The molecule has 0 atom stereocenters. The van der Waals surface area contributed by atoms with Crippen LogP contribution in [0.25, 0.3) is 56.7 Å². The van der Waals surface area contributed by atoms with Crippen LogP contribution in [0, 0.1) is 27.7 Å². The van der Waals surface area contributed by atoms with Crippen LogP contribution in [0.15, 0.2) is 201 Å². The smallest absolute Gasteiger partial charge is 0.417 e.